The minimum atomic E-state index is 0. The molecule has 3 nitrogen and oxygen atoms in total. The average Bonchev–Trinajstić information content (AvgIpc) is 2.71. The molecule has 2 N–H and O–H groups in total. The molecule has 2 aromatic rings. The topological polar surface area (TPSA) is 40.7 Å². The molecule has 1 aromatic heterocycles. The predicted molar refractivity (Wildman–Crippen MR) is 80.1 cm³/mol. The highest BCUT2D eigenvalue weighted by atomic mass is 35.5. The highest BCUT2D eigenvalue weighted by Crippen LogP contribution is 2.28. The van der Waals surface area contributed by atoms with E-state index in [4.69, 9.17) is 11.6 Å². The van der Waals surface area contributed by atoms with E-state index < -0.39 is 0 Å². The number of hydrogen-bond acceptors (Lipinski definition) is 3. The zero-order valence-corrected chi connectivity index (χ0v) is 12.2. The van der Waals surface area contributed by atoms with Gasteiger partial charge in [-0.05, 0) is 44.1 Å². The first-order valence-corrected chi connectivity index (χ1v) is 7.10. The quantitative estimate of drug-likeness (QED) is 0.892. The zero-order chi connectivity index (χ0) is 11.7. The van der Waals surface area contributed by atoms with E-state index in [-0.39, 0.29) is 12.4 Å². The van der Waals surface area contributed by atoms with Crippen LogP contribution in [0.1, 0.15) is 12.8 Å². The van der Waals surface area contributed by atoms with Crippen molar-refractivity contribution in [3.05, 3.63) is 23.2 Å². The molecule has 0 unspecified atom stereocenters. The number of fused-ring (bicyclic) bond motifs is 1. The number of hydrogen-bond donors (Lipinski definition) is 2. The number of imidazole rings is 1. The van der Waals surface area contributed by atoms with E-state index in [1.54, 1.807) is 0 Å². The summed E-state index contributed by atoms with van der Waals surface area (Å²) in [7, 11) is 0. The third-order valence-electron chi connectivity index (χ3n) is 2.99. The summed E-state index contributed by atoms with van der Waals surface area (Å²) in [6.07, 6.45) is 2.42. The molecule has 1 saturated heterocycles. The molecule has 1 aromatic carbocycles. The van der Waals surface area contributed by atoms with E-state index in [9.17, 15) is 0 Å². The van der Waals surface area contributed by atoms with Gasteiger partial charge in [-0.1, -0.05) is 23.4 Å². The molecule has 0 amide bonds. The lowest BCUT2D eigenvalue weighted by molar-refractivity contribution is 0.531. The van der Waals surface area contributed by atoms with Crippen LogP contribution in [0.4, 0.5) is 0 Å². The molecule has 0 spiro atoms. The van der Waals surface area contributed by atoms with Gasteiger partial charge in [0.1, 0.15) is 0 Å². The van der Waals surface area contributed by atoms with E-state index in [0.29, 0.717) is 5.25 Å². The van der Waals surface area contributed by atoms with Gasteiger partial charge in [-0.2, -0.15) is 0 Å². The van der Waals surface area contributed by atoms with E-state index >= 15 is 0 Å². The van der Waals surface area contributed by atoms with Crippen LogP contribution in [0.3, 0.4) is 0 Å². The third-order valence-corrected chi connectivity index (χ3v) is 4.44. The molecular formula is C12H15Cl2N3S. The van der Waals surface area contributed by atoms with Crippen molar-refractivity contribution in [1.29, 1.82) is 0 Å². The van der Waals surface area contributed by atoms with Crippen molar-refractivity contribution in [3.8, 4) is 0 Å². The van der Waals surface area contributed by atoms with Crippen LogP contribution in [-0.4, -0.2) is 28.3 Å². The van der Waals surface area contributed by atoms with Gasteiger partial charge in [-0.25, -0.2) is 4.98 Å². The molecule has 6 heteroatoms. The first kappa shape index (κ1) is 14.0. The van der Waals surface area contributed by atoms with Gasteiger partial charge < -0.3 is 10.3 Å². The van der Waals surface area contributed by atoms with Crippen molar-refractivity contribution in [2.24, 2.45) is 0 Å². The van der Waals surface area contributed by atoms with Crippen LogP contribution in [0.25, 0.3) is 11.0 Å². The molecule has 3 rings (SSSR count). The fraction of sp³-hybridized carbons (Fsp3) is 0.417. The number of rotatable bonds is 2. The summed E-state index contributed by atoms with van der Waals surface area (Å²) in [6, 6.07) is 5.76. The molecule has 0 atom stereocenters. The van der Waals surface area contributed by atoms with Gasteiger partial charge in [0.15, 0.2) is 5.16 Å². The molecule has 98 valence electrons. The first-order chi connectivity index (χ1) is 8.31. The summed E-state index contributed by atoms with van der Waals surface area (Å²) in [6.45, 7) is 2.23. The smallest absolute Gasteiger partial charge is 0.166 e. The van der Waals surface area contributed by atoms with Gasteiger partial charge in [-0.15, -0.1) is 12.4 Å². The number of aromatic amines is 1. The van der Waals surface area contributed by atoms with Gasteiger partial charge in [0, 0.05) is 10.3 Å². The van der Waals surface area contributed by atoms with E-state index in [2.05, 4.69) is 15.3 Å². The molecule has 1 aliphatic heterocycles. The van der Waals surface area contributed by atoms with E-state index in [0.717, 1.165) is 34.3 Å². The Hall–Kier alpha value is -0.420. The van der Waals surface area contributed by atoms with Crippen LogP contribution in [-0.2, 0) is 0 Å². The number of nitrogens with one attached hydrogen (secondary N) is 2. The standard InChI is InChI=1S/C12H14ClN3S.ClH/c13-8-1-2-10-11(7-8)16-12(15-10)17-9-3-5-14-6-4-9;/h1-2,7,9,14H,3-6H2,(H,15,16);1H. The maximum atomic E-state index is 5.96. The molecule has 1 fully saturated rings. The minimum Gasteiger partial charge on any atom is -0.333 e. The summed E-state index contributed by atoms with van der Waals surface area (Å²) >= 11 is 7.80. The van der Waals surface area contributed by atoms with Crippen molar-refractivity contribution in [2.45, 2.75) is 23.2 Å². The fourth-order valence-corrected chi connectivity index (χ4v) is 3.36. The molecule has 0 aliphatic carbocycles. The molecular weight excluding hydrogens is 289 g/mol. The molecule has 18 heavy (non-hydrogen) atoms. The molecule has 2 heterocycles. The van der Waals surface area contributed by atoms with Crippen molar-refractivity contribution in [1.82, 2.24) is 15.3 Å². The second-order valence-corrected chi connectivity index (χ2v) is 6.00. The predicted octanol–water partition coefficient (Wildman–Crippen LogP) is 3.48. The summed E-state index contributed by atoms with van der Waals surface area (Å²) < 4.78 is 0. The Morgan fingerprint density at radius 1 is 1.28 bits per heavy atom. The molecule has 0 radical (unpaired) electrons. The average molecular weight is 304 g/mol. The minimum absolute atomic E-state index is 0. The monoisotopic (exact) mass is 303 g/mol. The second-order valence-electron chi connectivity index (χ2n) is 4.27. The van der Waals surface area contributed by atoms with Crippen LogP contribution in [0.5, 0.6) is 0 Å². The number of benzene rings is 1. The lowest BCUT2D eigenvalue weighted by Crippen LogP contribution is -2.29. The Balaban J connectivity index is 0.00000120. The SMILES string of the molecule is Cl.Clc1ccc2nc(SC3CCNCC3)[nH]c2c1. The van der Waals surface area contributed by atoms with Crippen molar-refractivity contribution in [3.63, 3.8) is 0 Å². The fourth-order valence-electron chi connectivity index (χ4n) is 2.09. The maximum Gasteiger partial charge on any atom is 0.166 e. The van der Waals surface area contributed by atoms with Gasteiger partial charge in [0.2, 0.25) is 0 Å². The summed E-state index contributed by atoms with van der Waals surface area (Å²) in [5.74, 6) is 0. The number of piperidine rings is 1. The first-order valence-electron chi connectivity index (χ1n) is 5.84. The van der Waals surface area contributed by atoms with Crippen LogP contribution in [0, 0.1) is 0 Å². The Morgan fingerprint density at radius 3 is 2.83 bits per heavy atom. The Labute approximate surface area is 121 Å². The Kier molecular flexibility index (Phi) is 4.78. The van der Waals surface area contributed by atoms with Crippen LogP contribution in [0.15, 0.2) is 23.4 Å². The van der Waals surface area contributed by atoms with Gasteiger partial charge in [0.05, 0.1) is 11.0 Å². The lowest BCUT2D eigenvalue weighted by atomic mass is 10.2. The molecule has 1 aliphatic rings. The number of nitrogens with zero attached hydrogens (tertiary/aromatic N) is 1. The third kappa shape index (κ3) is 3.12. The van der Waals surface area contributed by atoms with Crippen molar-refractivity contribution >= 4 is 46.8 Å². The Morgan fingerprint density at radius 2 is 2.06 bits per heavy atom. The summed E-state index contributed by atoms with van der Waals surface area (Å²) in [5.41, 5.74) is 2.01. The van der Waals surface area contributed by atoms with Gasteiger partial charge in [-0.3, -0.25) is 0 Å². The van der Waals surface area contributed by atoms with Gasteiger partial charge >= 0.3 is 0 Å². The number of aromatic nitrogens is 2. The summed E-state index contributed by atoms with van der Waals surface area (Å²) in [5, 5.41) is 5.80. The van der Waals surface area contributed by atoms with Crippen molar-refractivity contribution < 1.29 is 0 Å². The van der Waals surface area contributed by atoms with Crippen LogP contribution < -0.4 is 5.32 Å². The molecule has 0 saturated carbocycles. The molecule has 0 bridgehead atoms. The maximum absolute atomic E-state index is 5.96. The second kappa shape index (κ2) is 6.15. The zero-order valence-electron chi connectivity index (χ0n) is 9.78. The van der Waals surface area contributed by atoms with Crippen LogP contribution >= 0.6 is 35.8 Å². The Bertz CT molecular complexity index is 523. The summed E-state index contributed by atoms with van der Waals surface area (Å²) in [4.78, 5) is 7.91. The number of halogens is 2. The largest absolute Gasteiger partial charge is 0.333 e. The highest BCUT2D eigenvalue weighted by Gasteiger charge is 2.16. The van der Waals surface area contributed by atoms with Crippen LogP contribution in [0.2, 0.25) is 5.02 Å². The highest BCUT2D eigenvalue weighted by molar-refractivity contribution is 7.99. The van der Waals surface area contributed by atoms with Crippen molar-refractivity contribution in [2.75, 3.05) is 13.1 Å². The van der Waals surface area contributed by atoms with Gasteiger partial charge in [0.25, 0.3) is 0 Å². The van der Waals surface area contributed by atoms with E-state index in [1.165, 1.54) is 12.8 Å². The number of H-pyrrole nitrogens is 1. The lowest BCUT2D eigenvalue weighted by Gasteiger charge is -2.20. The number of thioether (sulfide) groups is 1. The van der Waals surface area contributed by atoms with E-state index in [1.807, 2.05) is 30.0 Å². The normalized spacial score (nSPS) is 16.7.